The zero-order valence-electron chi connectivity index (χ0n) is 14.2. The van der Waals surface area contributed by atoms with Crippen molar-refractivity contribution < 1.29 is 0 Å². The molecule has 0 radical (unpaired) electrons. The second kappa shape index (κ2) is 7.75. The van der Waals surface area contributed by atoms with Gasteiger partial charge < -0.3 is 5.32 Å². The van der Waals surface area contributed by atoms with Gasteiger partial charge in [-0.25, -0.2) is 0 Å². The second-order valence-corrected chi connectivity index (χ2v) is 8.42. The third kappa shape index (κ3) is 5.08. The van der Waals surface area contributed by atoms with Crippen LogP contribution in [0.3, 0.4) is 0 Å². The van der Waals surface area contributed by atoms with Gasteiger partial charge in [0.05, 0.1) is 0 Å². The van der Waals surface area contributed by atoms with Gasteiger partial charge in [-0.1, -0.05) is 34.1 Å². The Labute approximate surface area is 134 Å². The molecule has 1 aromatic rings. The minimum Gasteiger partial charge on any atom is -0.316 e. The minimum atomic E-state index is 0.400. The molecule has 1 unspecified atom stereocenters. The fourth-order valence-corrected chi connectivity index (χ4v) is 4.36. The molecule has 2 nitrogen and oxygen atoms in total. The number of thiophene rings is 1. The quantitative estimate of drug-likeness (QED) is 0.776. The summed E-state index contributed by atoms with van der Waals surface area (Å²) >= 11 is 1.93. The van der Waals surface area contributed by atoms with E-state index in [1.54, 1.807) is 10.4 Å². The molecule has 21 heavy (non-hydrogen) atoms. The Balaban J connectivity index is 1.90. The Hall–Kier alpha value is -0.380. The zero-order valence-corrected chi connectivity index (χ0v) is 15.1. The van der Waals surface area contributed by atoms with Crippen LogP contribution >= 0.6 is 11.3 Å². The van der Waals surface area contributed by atoms with Crippen LogP contribution in [0.15, 0.2) is 11.4 Å². The molecule has 1 aromatic heterocycles. The van der Waals surface area contributed by atoms with Crippen molar-refractivity contribution in [1.82, 2.24) is 10.2 Å². The first-order valence-corrected chi connectivity index (χ1v) is 9.39. The molecule has 0 aromatic carbocycles. The highest BCUT2D eigenvalue weighted by Gasteiger charge is 2.28. The van der Waals surface area contributed by atoms with Crippen molar-refractivity contribution in [2.45, 2.75) is 53.5 Å². The highest BCUT2D eigenvalue weighted by Crippen LogP contribution is 2.29. The topological polar surface area (TPSA) is 15.3 Å². The lowest BCUT2D eigenvalue weighted by molar-refractivity contribution is 0.138. The Morgan fingerprint density at radius 1 is 1.43 bits per heavy atom. The van der Waals surface area contributed by atoms with Crippen LogP contribution in [0.5, 0.6) is 0 Å². The van der Waals surface area contributed by atoms with E-state index in [-0.39, 0.29) is 0 Å². The van der Waals surface area contributed by atoms with Crippen molar-refractivity contribution in [3.63, 3.8) is 0 Å². The highest BCUT2D eigenvalue weighted by molar-refractivity contribution is 7.10. The van der Waals surface area contributed by atoms with Gasteiger partial charge >= 0.3 is 0 Å². The zero-order chi connectivity index (χ0) is 15.3. The maximum Gasteiger partial charge on any atom is 0.0245 e. The van der Waals surface area contributed by atoms with Crippen LogP contribution in [0.4, 0.5) is 0 Å². The molecular weight excluding hydrogens is 276 g/mol. The molecule has 2 rings (SSSR count). The van der Waals surface area contributed by atoms with Crippen LogP contribution in [0, 0.1) is 11.3 Å². The number of fused-ring (bicyclic) bond motifs is 1. The third-order valence-electron chi connectivity index (χ3n) is 4.45. The van der Waals surface area contributed by atoms with Gasteiger partial charge in [0.2, 0.25) is 0 Å². The summed E-state index contributed by atoms with van der Waals surface area (Å²) in [6, 6.07) is 2.32. The number of rotatable bonds is 8. The highest BCUT2D eigenvalue weighted by atomic mass is 32.1. The monoisotopic (exact) mass is 308 g/mol. The van der Waals surface area contributed by atoms with Crippen LogP contribution in [-0.2, 0) is 13.0 Å². The fourth-order valence-electron chi connectivity index (χ4n) is 3.47. The first-order chi connectivity index (χ1) is 10.0. The van der Waals surface area contributed by atoms with E-state index in [1.165, 1.54) is 32.4 Å². The lowest BCUT2D eigenvalue weighted by Gasteiger charge is -2.37. The van der Waals surface area contributed by atoms with Gasteiger partial charge in [0.15, 0.2) is 0 Å². The van der Waals surface area contributed by atoms with E-state index in [1.807, 2.05) is 11.3 Å². The molecule has 120 valence electrons. The first kappa shape index (κ1) is 17.0. The molecule has 1 atom stereocenters. The van der Waals surface area contributed by atoms with Crippen molar-refractivity contribution >= 4 is 11.3 Å². The van der Waals surface area contributed by atoms with Gasteiger partial charge in [0, 0.05) is 31.1 Å². The Bertz CT molecular complexity index is 427. The molecular formula is C18H32N2S. The average molecular weight is 309 g/mol. The van der Waals surface area contributed by atoms with Gasteiger partial charge in [-0.05, 0) is 47.7 Å². The number of nitrogens with one attached hydrogen (secondary N) is 1. The van der Waals surface area contributed by atoms with Gasteiger partial charge in [-0.2, -0.15) is 0 Å². The molecule has 0 spiro atoms. The Morgan fingerprint density at radius 3 is 2.95 bits per heavy atom. The van der Waals surface area contributed by atoms with Crippen molar-refractivity contribution in [1.29, 1.82) is 0 Å². The number of nitrogens with zero attached hydrogens (tertiary/aromatic N) is 1. The van der Waals surface area contributed by atoms with Crippen LogP contribution in [0.25, 0.3) is 0 Å². The standard InChI is InChI=1S/C18H32N2S/c1-5-8-18(4,13-19-11-15(2)3)14-20-9-6-17-16(12-20)7-10-21-17/h7,10,15,19H,5-6,8-9,11-14H2,1-4H3. The predicted molar refractivity (Wildman–Crippen MR) is 94.0 cm³/mol. The van der Waals surface area contributed by atoms with E-state index in [9.17, 15) is 0 Å². The summed E-state index contributed by atoms with van der Waals surface area (Å²) in [5, 5.41) is 5.94. The van der Waals surface area contributed by atoms with Crippen molar-refractivity contribution in [2.24, 2.45) is 11.3 Å². The van der Waals surface area contributed by atoms with Crippen molar-refractivity contribution in [3.8, 4) is 0 Å². The van der Waals surface area contributed by atoms with E-state index in [4.69, 9.17) is 0 Å². The van der Waals surface area contributed by atoms with E-state index in [2.05, 4.69) is 49.4 Å². The lowest BCUT2D eigenvalue weighted by atomic mass is 9.84. The van der Waals surface area contributed by atoms with Gasteiger partial charge in [0.1, 0.15) is 0 Å². The molecule has 0 saturated carbocycles. The summed E-state index contributed by atoms with van der Waals surface area (Å²) in [4.78, 5) is 4.28. The normalized spacial score (nSPS) is 18.7. The Morgan fingerprint density at radius 2 is 2.24 bits per heavy atom. The van der Waals surface area contributed by atoms with Crippen molar-refractivity contribution in [3.05, 3.63) is 21.9 Å². The van der Waals surface area contributed by atoms with Crippen LogP contribution in [0.1, 0.15) is 51.0 Å². The molecule has 1 aliphatic rings. The van der Waals surface area contributed by atoms with Crippen molar-refractivity contribution in [2.75, 3.05) is 26.2 Å². The lowest BCUT2D eigenvalue weighted by Crippen LogP contribution is -2.44. The van der Waals surface area contributed by atoms with Gasteiger partial charge in [-0.3, -0.25) is 4.90 Å². The van der Waals surface area contributed by atoms with Gasteiger partial charge in [-0.15, -0.1) is 11.3 Å². The van der Waals surface area contributed by atoms with E-state index in [0.29, 0.717) is 5.41 Å². The largest absolute Gasteiger partial charge is 0.316 e. The fraction of sp³-hybridized carbons (Fsp3) is 0.778. The van der Waals surface area contributed by atoms with Crippen LogP contribution in [0.2, 0.25) is 0 Å². The van der Waals surface area contributed by atoms with Gasteiger partial charge in [0.25, 0.3) is 0 Å². The minimum absolute atomic E-state index is 0.400. The smallest absolute Gasteiger partial charge is 0.0245 e. The molecule has 0 aliphatic carbocycles. The van der Waals surface area contributed by atoms with E-state index in [0.717, 1.165) is 25.6 Å². The number of hydrogen-bond acceptors (Lipinski definition) is 3. The summed E-state index contributed by atoms with van der Waals surface area (Å²) in [6.45, 7) is 15.2. The Kier molecular flexibility index (Phi) is 6.27. The summed E-state index contributed by atoms with van der Waals surface area (Å²) in [5.41, 5.74) is 1.97. The summed E-state index contributed by atoms with van der Waals surface area (Å²) < 4.78 is 0. The summed E-state index contributed by atoms with van der Waals surface area (Å²) in [5.74, 6) is 0.735. The van der Waals surface area contributed by atoms with E-state index < -0.39 is 0 Å². The summed E-state index contributed by atoms with van der Waals surface area (Å²) in [6.07, 6.45) is 3.83. The van der Waals surface area contributed by atoms with Crippen LogP contribution < -0.4 is 5.32 Å². The molecule has 2 heterocycles. The third-order valence-corrected chi connectivity index (χ3v) is 5.47. The van der Waals surface area contributed by atoms with E-state index >= 15 is 0 Å². The second-order valence-electron chi connectivity index (χ2n) is 7.42. The molecule has 0 fully saturated rings. The molecule has 1 N–H and O–H groups in total. The predicted octanol–water partition coefficient (Wildman–Crippen LogP) is 4.16. The molecule has 1 aliphatic heterocycles. The number of hydrogen-bond donors (Lipinski definition) is 1. The average Bonchev–Trinajstić information content (AvgIpc) is 2.85. The molecule has 0 saturated heterocycles. The maximum atomic E-state index is 3.69. The molecule has 3 heteroatoms. The first-order valence-electron chi connectivity index (χ1n) is 8.51. The maximum absolute atomic E-state index is 3.69. The SMILES string of the molecule is CCCC(C)(CNCC(C)C)CN1CCc2sccc2C1. The summed E-state index contributed by atoms with van der Waals surface area (Å²) in [7, 11) is 0. The molecule has 0 amide bonds. The molecule has 0 bridgehead atoms. The van der Waals surface area contributed by atoms with Crippen LogP contribution in [-0.4, -0.2) is 31.1 Å².